The lowest BCUT2D eigenvalue weighted by Crippen LogP contribution is -2.52. The molecule has 3 nitrogen and oxygen atoms in total. The fourth-order valence-corrected chi connectivity index (χ4v) is 2.66. The van der Waals surface area contributed by atoms with Crippen molar-refractivity contribution >= 4 is 0 Å². The van der Waals surface area contributed by atoms with Crippen LogP contribution in [0.2, 0.25) is 0 Å². The molecule has 1 saturated carbocycles. The van der Waals surface area contributed by atoms with E-state index in [0.29, 0.717) is 0 Å². The molecule has 2 unspecified atom stereocenters. The quantitative estimate of drug-likeness (QED) is 0.756. The Labute approximate surface area is 107 Å². The molecule has 0 bridgehead atoms. The molecular weight excluding hydrogens is 210 g/mol. The monoisotopic (exact) mass is 239 g/mol. The maximum absolute atomic E-state index is 3.66. The van der Waals surface area contributed by atoms with Crippen molar-refractivity contribution < 1.29 is 0 Å². The molecule has 2 rings (SSSR count). The van der Waals surface area contributed by atoms with Gasteiger partial charge in [-0.1, -0.05) is 13.8 Å². The molecule has 3 heteroatoms. The number of rotatable bonds is 6. The van der Waals surface area contributed by atoms with E-state index in [-0.39, 0.29) is 0 Å². The summed E-state index contributed by atoms with van der Waals surface area (Å²) in [5.74, 6) is 0.767. The molecule has 0 aromatic rings. The van der Waals surface area contributed by atoms with E-state index < -0.39 is 0 Å². The Morgan fingerprint density at radius 3 is 2.29 bits per heavy atom. The van der Waals surface area contributed by atoms with Crippen molar-refractivity contribution in [2.75, 3.05) is 39.3 Å². The van der Waals surface area contributed by atoms with E-state index in [9.17, 15) is 0 Å². The van der Waals surface area contributed by atoms with E-state index in [0.717, 1.165) is 18.0 Å². The zero-order chi connectivity index (χ0) is 12.3. The van der Waals surface area contributed by atoms with Crippen molar-refractivity contribution in [1.29, 1.82) is 0 Å². The number of nitrogens with one attached hydrogen (secondary N) is 1. The fraction of sp³-hybridized carbons (Fsp3) is 1.00. The summed E-state index contributed by atoms with van der Waals surface area (Å²) < 4.78 is 0. The van der Waals surface area contributed by atoms with Gasteiger partial charge in [0.25, 0.3) is 0 Å². The molecule has 17 heavy (non-hydrogen) atoms. The smallest absolute Gasteiger partial charge is 0.0113 e. The molecule has 0 radical (unpaired) electrons. The molecule has 1 saturated heterocycles. The van der Waals surface area contributed by atoms with Crippen molar-refractivity contribution in [3.8, 4) is 0 Å². The number of hydrogen-bond donors (Lipinski definition) is 1. The summed E-state index contributed by atoms with van der Waals surface area (Å²) in [4.78, 5) is 5.22. The minimum absolute atomic E-state index is 0.722. The van der Waals surface area contributed by atoms with E-state index in [2.05, 4.69) is 35.9 Å². The van der Waals surface area contributed by atoms with Crippen LogP contribution in [0.1, 0.15) is 33.6 Å². The van der Waals surface area contributed by atoms with E-state index in [4.69, 9.17) is 0 Å². The lowest BCUT2D eigenvalue weighted by Gasteiger charge is -2.40. The zero-order valence-electron chi connectivity index (χ0n) is 11.8. The van der Waals surface area contributed by atoms with Gasteiger partial charge in [0.15, 0.2) is 0 Å². The van der Waals surface area contributed by atoms with E-state index in [1.54, 1.807) is 0 Å². The van der Waals surface area contributed by atoms with Crippen LogP contribution in [-0.2, 0) is 0 Å². The molecular formula is C14H29N3. The van der Waals surface area contributed by atoms with Crippen LogP contribution >= 0.6 is 0 Å². The van der Waals surface area contributed by atoms with Crippen LogP contribution in [0.25, 0.3) is 0 Å². The summed E-state index contributed by atoms with van der Waals surface area (Å²) in [5, 5.41) is 3.66. The molecule has 1 N–H and O–H groups in total. The van der Waals surface area contributed by atoms with Gasteiger partial charge in [-0.25, -0.2) is 0 Å². The Balaban J connectivity index is 1.68. The van der Waals surface area contributed by atoms with Crippen molar-refractivity contribution in [2.24, 2.45) is 5.92 Å². The van der Waals surface area contributed by atoms with Crippen LogP contribution in [0.3, 0.4) is 0 Å². The third-order valence-corrected chi connectivity index (χ3v) is 4.56. The lowest BCUT2D eigenvalue weighted by molar-refractivity contribution is 0.0831. The maximum atomic E-state index is 3.66. The first-order valence-electron chi connectivity index (χ1n) is 7.40. The van der Waals surface area contributed by atoms with Gasteiger partial charge >= 0.3 is 0 Å². The van der Waals surface area contributed by atoms with Crippen LogP contribution in [-0.4, -0.2) is 61.2 Å². The second-order valence-corrected chi connectivity index (χ2v) is 5.87. The van der Waals surface area contributed by atoms with Gasteiger partial charge in [-0.15, -0.1) is 0 Å². The second kappa shape index (κ2) is 6.17. The van der Waals surface area contributed by atoms with Gasteiger partial charge in [0, 0.05) is 38.3 Å². The minimum Gasteiger partial charge on any atom is -0.314 e. The molecule has 0 aromatic heterocycles. The predicted molar refractivity (Wildman–Crippen MR) is 73.3 cm³/mol. The van der Waals surface area contributed by atoms with Crippen molar-refractivity contribution in [3.63, 3.8) is 0 Å². The highest BCUT2D eigenvalue weighted by molar-refractivity contribution is 4.84. The van der Waals surface area contributed by atoms with Crippen LogP contribution in [0.4, 0.5) is 0 Å². The van der Waals surface area contributed by atoms with Crippen LogP contribution < -0.4 is 5.32 Å². The molecule has 1 aliphatic heterocycles. The lowest BCUT2D eigenvalue weighted by atomic mass is 10.0. The molecule has 100 valence electrons. The van der Waals surface area contributed by atoms with Crippen LogP contribution in [0.5, 0.6) is 0 Å². The third kappa shape index (κ3) is 3.94. The molecule has 1 aliphatic carbocycles. The van der Waals surface area contributed by atoms with Crippen LogP contribution in [0.15, 0.2) is 0 Å². The molecule has 2 aliphatic rings. The summed E-state index contributed by atoms with van der Waals surface area (Å²) in [6.45, 7) is 14.5. The van der Waals surface area contributed by atoms with Gasteiger partial charge in [0.1, 0.15) is 0 Å². The topological polar surface area (TPSA) is 18.5 Å². The normalized spacial score (nSPS) is 27.0. The Morgan fingerprint density at radius 2 is 1.76 bits per heavy atom. The van der Waals surface area contributed by atoms with E-state index >= 15 is 0 Å². The SMILES string of the molecule is CCN1CCN(C(C)C(C)CNC2CC2)CC1. The Bertz CT molecular complexity index is 220. The number of likely N-dealkylation sites (N-methyl/N-ethyl adjacent to an activating group) is 1. The first-order valence-corrected chi connectivity index (χ1v) is 7.40. The fourth-order valence-electron chi connectivity index (χ4n) is 2.66. The molecule has 1 heterocycles. The summed E-state index contributed by atoms with van der Waals surface area (Å²) in [5.41, 5.74) is 0. The molecule has 2 atom stereocenters. The summed E-state index contributed by atoms with van der Waals surface area (Å²) in [7, 11) is 0. The zero-order valence-corrected chi connectivity index (χ0v) is 11.8. The second-order valence-electron chi connectivity index (χ2n) is 5.87. The standard InChI is InChI=1S/C14H29N3/c1-4-16-7-9-17(10-8-16)13(3)12(2)11-15-14-5-6-14/h12-15H,4-11H2,1-3H3. The highest BCUT2D eigenvalue weighted by Gasteiger charge is 2.26. The summed E-state index contributed by atoms with van der Waals surface area (Å²) in [6, 6.07) is 1.57. The third-order valence-electron chi connectivity index (χ3n) is 4.56. The average Bonchev–Trinajstić information content (AvgIpc) is 3.19. The average molecular weight is 239 g/mol. The maximum Gasteiger partial charge on any atom is 0.0113 e. The number of hydrogen-bond acceptors (Lipinski definition) is 3. The Kier molecular flexibility index (Phi) is 4.83. The van der Waals surface area contributed by atoms with E-state index in [1.165, 1.54) is 52.1 Å². The number of nitrogens with zero attached hydrogens (tertiary/aromatic N) is 2. The minimum atomic E-state index is 0.722. The first-order chi connectivity index (χ1) is 8.20. The Morgan fingerprint density at radius 1 is 1.12 bits per heavy atom. The predicted octanol–water partition coefficient (Wildman–Crippen LogP) is 1.40. The summed E-state index contributed by atoms with van der Waals surface area (Å²) >= 11 is 0. The molecule has 2 fully saturated rings. The Hall–Kier alpha value is -0.120. The molecule has 0 amide bonds. The molecule has 0 aromatic carbocycles. The van der Waals surface area contributed by atoms with Crippen LogP contribution in [0, 0.1) is 5.92 Å². The van der Waals surface area contributed by atoms with Gasteiger partial charge in [0.05, 0.1) is 0 Å². The first kappa shape index (κ1) is 13.3. The van der Waals surface area contributed by atoms with Crippen molar-refractivity contribution in [1.82, 2.24) is 15.1 Å². The molecule has 0 spiro atoms. The summed E-state index contributed by atoms with van der Waals surface area (Å²) in [6.07, 6.45) is 2.80. The van der Waals surface area contributed by atoms with Gasteiger partial charge in [-0.05, 0) is 38.8 Å². The van der Waals surface area contributed by atoms with Gasteiger partial charge in [0.2, 0.25) is 0 Å². The van der Waals surface area contributed by atoms with Crippen molar-refractivity contribution in [2.45, 2.75) is 45.7 Å². The van der Waals surface area contributed by atoms with Crippen molar-refractivity contribution in [3.05, 3.63) is 0 Å². The van der Waals surface area contributed by atoms with Gasteiger partial charge < -0.3 is 10.2 Å². The van der Waals surface area contributed by atoms with Gasteiger partial charge in [-0.3, -0.25) is 4.90 Å². The van der Waals surface area contributed by atoms with E-state index in [1.807, 2.05) is 0 Å². The van der Waals surface area contributed by atoms with Gasteiger partial charge in [-0.2, -0.15) is 0 Å². The number of piperazine rings is 1. The highest BCUT2D eigenvalue weighted by atomic mass is 15.3. The highest BCUT2D eigenvalue weighted by Crippen LogP contribution is 2.20. The largest absolute Gasteiger partial charge is 0.314 e.